The molecule has 0 spiro atoms. The number of sulfonamides is 1. The van der Waals surface area contributed by atoms with Gasteiger partial charge in [0, 0.05) is 6.04 Å². The van der Waals surface area contributed by atoms with Gasteiger partial charge in [-0.2, -0.15) is 0 Å². The van der Waals surface area contributed by atoms with Gasteiger partial charge in [0.2, 0.25) is 10.0 Å². The van der Waals surface area contributed by atoms with Crippen LogP contribution in [-0.4, -0.2) is 25.5 Å². The van der Waals surface area contributed by atoms with Crippen molar-refractivity contribution in [3.63, 3.8) is 0 Å². The van der Waals surface area contributed by atoms with Crippen LogP contribution in [0.3, 0.4) is 0 Å². The molecule has 21 heavy (non-hydrogen) atoms. The normalized spacial score (nSPS) is 23.0. The van der Waals surface area contributed by atoms with Gasteiger partial charge in [0.25, 0.3) is 0 Å². The van der Waals surface area contributed by atoms with Crippen molar-refractivity contribution in [1.29, 1.82) is 0 Å². The summed E-state index contributed by atoms with van der Waals surface area (Å²) >= 11 is 6.00. The Labute approximate surface area is 129 Å². The summed E-state index contributed by atoms with van der Waals surface area (Å²) in [5.74, 6) is -1.64. The van der Waals surface area contributed by atoms with Crippen LogP contribution >= 0.6 is 11.6 Å². The van der Waals surface area contributed by atoms with Gasteiger partial charge in [-0.15, -0.1) is 0 Å². The predicted octanol–water partition coefficient (Wildman–Crippen LogP) is 2.57. The van der Waals surface area contributed by atoms with E-state index in [0.29, 0.717) is 12.8 Å². The third-order valence-electron chi connectivity index (χ3n) is 3.77. The summed E-state index contributed by atoms with van der Waals surface area (Å²) in [7, 11) is -3.82. The van der Waals surface area contributed by atoms with Crippen molar-refractivity contribution >= 4 is 27.6 Å². The van der Waals surface area contributed by atoms with Crippen molar-refractivity contribution in [1.82, 2.24) is 4.72 Å². The molecule has 0 radical (unpaired) electrons. The largest absolute Gasteiger partial charge is 0.481 e. The first-order valence-electron chi connectivity index (χ1n) is 6.82. The van der Waals surface area contributed by atoms with Gasteiger partial charge in [0.05, 0.1) is 10.9 Å². The highest BCUT2D eigenvalue weighted by Gasteiger charge is 2.34. The fourth-order valence-corrected chi connectivity index (χ4v) is 4.56. The number of carbonyl (C=O) groups is 1. The van der Waals surface area contributed by atoms with E-state index in [1.54, 1.807) is 12.1 Å². The first kappa shape index (κ1) is 16.3. The van der Waals surface area contributed by atoms with E-state index in [1.807, 2.05) is 6.92 Å². The molecule has 2 rings (SSSR count). The van der Waals surface area contributed by atoms with E-state index in [-0.39, 0.29) is 9.92 Å². The lowest BCUT2D eigenvalue weighted by atomic mass is 9.85. The van der Waals surface area contributed by atoms with Crippen LogP contribution in [-0.2, 0) is 14.8 Å². The zero-order chi connectivity index (χ0) is 15.6. The van der Waals surface area contributed by atoms with Gasteiger partial charge in [-0.3, -0.25) is 4.79 Å². The van der Waals surface area contributed by atoms with Gasteiger partial charge >= 0.3 is 5.97 Å². The fraction of sp³-hybridized carbons (Fsp3) is 0.500. The van der Waals surface area contributed by atoms with Crippen LogP contribution in [0.2, 0.25) is 5.02 Å². The summed E-state index contributed by atoms with van der Waals surface area (Å²) in [5.41, 5.74) is 0.861. The van der Waals surface area contributed by atoms with E-state index in [1.165, 1.54) is 6.07 Å². The first-order valence-corrected chi connectivity index (χ1v) is 8.68. The molecule has 5 nitrogen and oxygen atoms in total. The van der Waals surface area contributed by atoms with Crippen molar-refractivity contribution in [3.05, 3.63) is 28.8 Å². The standard InChI is InChI=1S/C14H18ClNO4S/c1-9-6-7-13(11(15)8-9)21(19,20)16-12-5-3-2-4-10(12)14(17)18/h6-8,10,12,16H,2-5H2,1H3,(H,17,18). The van der Waals surface area contributed by atoms with Gasteiger partial charge in [-0.05, 0) is 37.5 Å². The Morgan fingerprint density at radius 1 is 1.33 bits per heavy atom. The summed E-state index contributed by atoms with van der Waals surface area (Å²) in [5, 5.41) is 9.35. The summed E-state index contributed by atoms with van der Waals surface area (Å²) in [6.45, 7) is 1.82. The maximum Gasteiger partial charge on any atom is 0.308 e. The van der Waals surface area contributed by atoms with Crippen molar-refractivity contribution in [2.45, 2.75) is 43.5 Å². The summed E-state index contributed by atoms with van der Waals surface area (Å²) < 4.78 is 27.3. The van der Waals surface area contributed by atoms with Gasteiger partial charge in [0.15, 0.2) is 0 Å². The van der Waals surface area contributed by atoms with Gasteiger partial charge in [-0.25, -0.2) is 13.1 Å². The Hall–Kier alpha value is -1.11. The second kappa shape index (κ2) is 6.34. The van der Waals surface area contributed by atoms with Crippen LogP contribution < -0.4 is 4.72 Å². The molecule has 0 heterocycles. The second-order valence-electron chi connectivity index (χ2n) is 5.39. The Morgan fingerprint density at radius 3 is 2.62 bits per heavy atom. The van der Waals surface area contributed by atoms with Crippen molar-refractivity contribution in [2.24, 2.45) is 5.92 Å². The molecular weight excluding hydrogens is 314 g/mol. The lowest BCUT2D eigenvalue weighted by Gasteiger charge is -2.29. The number of benzene rings is 1. The summed E-state index contributed by atoms with van der Waals surface area (Å²) in [6.07, 6.45) is 2.64. The van der Waals surface area contributed by atoms with Crippen LogP contribution in [0.15, 0.2) is 23.1 Å². The minimum absolute atomic E-state index is 0.00974. The fourth-order valence-electron chi connectivity index (χ4n) is 2.65. The van der Waals surface area contributed by atoms with E-state index in [2.05, 4.69) is 4.72 Å². The Balaban J connectivity index is 2.25. The van der Waals surface area contributed by atoms with E-state index < -0.39 is 28.0 Å². The predicted molar refractivity (Wildman–Crippen MR) is 79.9 cm³/mol. The van der Waals surface area contributed by atoms with Crippen LogP contribution in [0, 0.1) is 12.8 Å². The van der Waals surface area contributed by atoms with Crippen LogP contribution in [0.5, 0.6) is 0 Å². The molecule has 7 heteroatoms. The summed E-state index contributed by atoms with van der Waals surface area (Å²) in [6, 6.07) is 4.10. The molecule has 116 valence electrons. The van der Waals surface area contributed by atoms with Gasteiger partial charge < -0.3 is 5.11 Å². The molecular formula is C14H18ClNO4S. The van der Waals surface area contributed by atoms with Crippen LogP contribution in [0.25, 0.3) is 0 Å². The first-order chi connectivity index (χ1) is 9.81. The molecule has 1 aromatic rings. The molecule has 0 saturated heterocycles. The number of hydrogen-bond donors (Lipinski definition) is 2. The maximum atomic E-state index is 12.4. The average Bonchev–Trinajstić information content (AvgIpc) is 2.37. The number of nitrogens with one attached hydrogen (secondary N) is 1. The molecule has 0 aromatic heterocycles. The smallest absolute Gasteiger partial charge is 0.308 e. The van der Waals surface area contributed by atoms with Gasteiger partial charge in [-0.1, -0.05) is 30.5 Å². The molecule has 1 aliphatic carbocycles. The van der Waals surface area contributed by atoms with Crippen molar-refractivity contribution in [3.8, 4) is 0 Å². The number of rotatable bonds is 4. The molecule has 1 aliphatic rings. The van der Waals surface area contributed by atoms with Crippen LogP contribution in [0.4, 0.5) is 0 Å². The molecule has 2 unspecified atom stereocenters. The Kier molecular flexibility index (Phi) is 4.91. The molecule has 2 atom stereocenters. The number of aryl methyl sites for hydroxylation is 1. The molecule has 1 fully saturated rings. The Bertz CT molecular complexity index is 644. The zero-order valence-corrected chi connectivity index (χ0v) is 13.2. The number of carboxylic acid groups (broad SMARTS) is 1. The lowest BCUT2D eigenvalue weighted by Crippen LogP contribution is -2.45. The number of hydrogen-bond acceptors (Lipinski definition) is 3. The zero-order valence-electron chi connectivity index (χ0n) is 11.7. The van der Waals surface area contributed by atoms with E-state index in [4.69, 9.17) is 11.6 Å². The molecule has 1 saturated carbocycles. The monoisotopic (exact) mass is 331 g/mol. The molecule has 0 aliphatic heterocycles. The van der Waals surface area contributed by atoms with E-state index in [0.717, 1.165) is 18.4 Å². The number of halogens is 1. The van der Waals surface area contributed by atoms with E-state index >= 15 is 0 Å². The van der Waals surface area contributed by atoms with Crippen LogP contribution in [0.1, 0.15) is 31.2 Å². The molecule has 0 amide bonds. The quantitative estimate of drug-likeness (QED) is 0.888. The highest BCUT2D eigenvalue weighted by Crippen LogP contribution is 2.28. The van der Waals surface area contributed by atoms with Gasteiger partial charge in [0.1, 0.15) is 4.90 Å². The lowest BCUT2D eigenvalue weighted by molar-refractivity contribution is -0.143. The van der Waals surface area contributed by atoms with E-state index in [9.17, 15) is 18.3 Å². The second-order valence-corrected chi connectivity index (χ2v) is 7.48. The molecule has 1 aromatic carbocycles. The number of carboxylic acids is 1. The average molecular weight is 332 g/mol. The molecule has 0 bridgehead atoms. The summed E-state index contributed by atoms with van der Waals surface area (Å²) in [4.78, 5) is 11.2. The highest BCUT2D eigenvalue weighted by molar-refractivity contribution is 7.89. The third kappa shape index (κ3) is 3.75. The Morgan fingerprint density at radius 2 is 2.00 bits per heavy atom. The highest BCUT2D eigenvalue weighted by atomic mass is 35.5. The van der Waals surface area contributed by atoms with Crippen molar-refractivity contribution < 1.29 is 18.3 Å². The maximum absolute atomic E-state index is 12.4. The van der Waals surface area contributed by atoms with Crippen molar-refractivity contribution in [2.75, 3.05) is 0 Å². The minimum Gasteiger partial charge on any atom is -0.481 e. The SMILES string of the molecule is Cc1ccc(S(=O)(=O)NC2CCCCC2C(=O)O)c(Cl)c1. The minimum atomic E-state index is -3.82. The topological polar surface area (TPSA) is 83.5 Å². The third-order valence-corrected chi connectivity index (χ3v) is 5.74. The molecule has 2 N–H and O–H groups in total. The number of aliphatic carboxylic acids is 1.